The number of carbonyl (C=O) groups is 5. The number of methoxy groups -OCH3 is 1. The monoisotopic (exact) mass is 481 g/mol. The number of hydrogen-bond donors (Lipinski definition) is 3. The van der Waals surface area contributed by atoms with E-state index in [1.54, 1.807) is 0 Å². The zero-order valence-corrected chi connectivity index (χ0v) is 17.8. The molecule has 0 fully saturated rings. The van der Waals surface area contributed by atoms with Gasteiger partial charge in [0, 0.05) is 12.1 Å². The number of aromatic amines is 1. The maximum Gasteiger partial charge on any atom is 0.375 e. The van der Waals surface area contributed by atoms with Crippen molar-refractivity contribution < 1.29 is 33.6 Å². The summed E-state index contributed by atoms with van der Waals surface area (Å²) in [6, 6.07) is 8.61. The molecule has 1 aromatic heterocycles. The van der Waals surface area contributed by atoms with Crippen LogP contribution in [0.25, 0.3) is 11.0 Å². The van der Waals surface area contributed by atoms with Crippen LogP contribution in [0.3, 0.4) is 0 Å². The highest BCUT2D eigenvalue weighted by Gasteiger charge is 2.40. The molecule has 0 saturated heterocycles. The Balaban J connectivity index is 2.09. The van der Waals surface area contributed by atoms with Gasteiger partial charge in [0.25, 0.3) is 28.8 Å². The van der Waals surface area contributed by atoms with Gasteiger partial charge in [-0.15, -0.1) is 0 Å². The lowest BCUT2D eigenvalue weighted by Gasteiger charge is -2.14. The van der Waals surface area contributed by atoms with Gasteiger partial charge in [0.05, 0.1) is 34.3 Å². The summed E-state index contributed by atoms with van der Waals surface area (Å²) in [5.74, 6) is -9.33. The number of Topliss-reactive ketones (excluding diaryl/α,β-unsaturated/α-hetero) is 2. The van der Waals surface area contributed by atoms with Crippen molar-refractivity contribution in [1.29, 1.82) is 0 Å². The number of nitro groups is 1. The summed E-state index contributed by atoms with van der Waals surface area (Å²) in [4.78, 5) is 90.9. The molecule has 3 aromatic rings. The Hall–Kier alpha value is -5.27. The van der Waals surface area contributed by atoms with Crippen LogP contribution in [-0.2, 0) is 23.9 Å². The van der Waals surface area contributed by atoms with E-state index in [9.17, 15) is 38.9 Å². The minimum Gasteiger partial charge on any atom is -0.463 e. The van der Waals surface area contributed by atoms with Crippen LogP contribution >= 0.6 is 0 Å². The molecule has 1 atom stereocenters. The Kier molecular flexibility index (Phi) is 6.75. The molecule has 0 radical (unpaired) electrons. The number of nitro benzene ring substituents is 1. The molecule has 0 unspecified atom stereocenters. The number of hydrogen-bond acceptors (Lipinski definition) is 10. The first-order valence-corrected chi connectivity index (χ1v) is 9.59. The predicted octanol–water partition coefficient (Wildman–Crippen LogP) is -0.0363. The van der Waals surface area contributed by atoms with Crippen molar-refractivity contribution in [1.82, 2.24) is 9.97 Å². The zero-order valence-electron chi connectivity index (χ0n) is 17.8. The summed E-state index contributed by atoms with van der Waals surface area (Å²) in [6.07, 6.45) is 0. The van der Waals surface area contributed by atoms with E-state index in [2.05, 4.69) is 20.0 Å². The number of non-ortho nitro benzene ring substituents is 1. The number of anilines is 1. The standard InChI is InChI=1S/C21H15N5O9/c1-35-21(32)17(28)14(16(27)20(31)24-11-5-3-2-4-10(11)18(22)29)15-19(30)25-13-8-9(26(33)34)6-7-12(13)23-15/h2-8,14H,1H3,(H2,22,29)(H,24,31)(H,25,30)/t14-/m1/s1. The lowest BCUT2D eigenvalue weighted by molar-refractivity contribution is -0.384. The smallest absolute Gasteiger partial charge is 0.375 e. The fraction of sp³-hybridized carbons (Fsp3) is 0.0952. The second-order valence-electron chi connectivity index (χ2n) is 6.93. The largest absolute Gasteiger partial charge is 0.463 e. The molecule has 1 heterocycles. The number of fused-ring (bicyclic) bond motifs is 1. The third kappa shape index (κ3) is 4.90. The summed E-state index contributed by atoms with van der Waals surface area (Å²) in [5, 5.41) is 13.1. The zero-order chi connectivity index (χ0) is 25.9. The molecule has 14 nitrogen and oxygen atoms in total. The number of nitrogens with two attached hydrogens (primary N) is 1. The predicted molar refractivity (Wildman–Crippen MR) is 117 cm³/mol. The van der Waals surface area contributed by atoms with Gasteiger partial charge < -0.3 is 20.8 Å². The van der Waals surface area contributed by atoms with Crippen LogP contribution in [0.5, 0.6) is 0 Å². The number of nitrogens with zero attached hydrogens (tertiary/aromatic N) is 2. The highest BCUT2D eigenvalue weighted by Crippen LogP contribution is 2.21. The fourth-order valence-corrected chi connectivity index (χ4v) is 3.11. The number of aromatic nitrogens is 2. The normalized spacial score (nSPS) is 11.3. The number of nitrogens with one attached hydrogen (secondary N) is 2. The van der Waals surface area contributed by atoms with Gasteiger partial charge in [-0.2, -0.15) is 0 Å². The number of primary amides is 1. The molecule has 0 bridgehead atoms. The van der Waals surface area contributed by atoms with Gasteiger partial charge in [-0.3, -0.25) is 34.1 Å². The Morgan fingerprint density at radius 1 is 1.11 bits per heavy atom. The van der Waals surface area contributed by atoms with E-state index in [0.717, 1.165) is 25.3 Å². The maximum absolute atomic E-state index is 13.0. The molecule has 0 spiro atoms. The van der Waals surface area contributed by atoms with Crippen LogP contribution in [0.4, 0.5) is 11.4 Å². The quantitative estimate of drug-likeness (QED) is 0.128. The minimum atomic E-state index is -2.31. The van der Waals surface area contributed by atoms with Crippen molar-refractivity contribution in [3.05, 3.63) is 74.2 Å². The average Bonchev–Trinajstić information content (AvgIpc) is 2.83. The molecule has 2 amide bonds. The number of amides is 2. The van der Waals surface area contributed by atoms with E-state index in [4.69, 9.17) is 5.73 Å². The summed E-state index contributed by atoms with van der Waals surface area (Å²) in [7, 11) is 0.849. The minimum absolute atomic E-state index is 0.0693. The van der Waals surface area contributed by atoms with Gasteiger partial charge in [-0.25, -0.2) is 9.78 Å². The highest BCUT2D eigenvalue weighted by atomic mass is 16.6. The maximum atomic E-state index is 13.0. The molecule has 0 aliphatic carbocycles. The molecular weight excluding hydrogens is 466 g/mol. The van der Waals surface area contributed by atoms with E-state index >= 15 is 0 Å². The van der Waals surface area contributed by atoms with Gasteiger partial charge in [-0.05, 0) is 18.2 Å². The van der Waals surface area contributed by atoms with Crippen LogP contribution in [0.1, 0.15) is 22.0 Å². The van der Waals surface area contributed by atoms with Gasteiger partial charge in [0.1, 0.15) is 11.6 Å². The lowest BCUT2D eigenvalue weighted by Crippen LogP contribution is -2.39. The van der Waals surface area contributed by atoms with Gasteiger partial charge in [0.2, 0.25) is 5.78 Å². The number of rotatable bonds is 8. The van der Waals surface area contributed by atoms with Gasteiger partial charge in [-0.1, -0.05) is 12.1 Å². The number of ketones is 2. The van der Waals surface area contributed by atoms with Crippen molar-refractivity contribution in [3.63, 3.8) is 0 Å². The number of para-hydroxylation sites is 1. The van der Waals surface area contributed by atoms with E-state index in [-0.39, 0.29) is 28.0 Å². The molecule has 14 heteroatoms. The molecule has 178 valence electrons. The molecule has 35 heavy (non-hydrogen) atoms. The van der Waals surface area contributed by atoms with Crippen molar-refractivity contribution in [3.8, 4) is 0 Å². The van der Waals surface area contributed by atoms with Crippen molar-refractivity contribution in [2.75, 3.05) is 12.4 Å². The summed E-state index contributed by atoms with van der Waals surface area (Å²) in [5.41, 5.74) is 2.44. The van der Waals surface area contributed by atoms with Crippen LogP contribution in [-0.4, -0.2) is 51.4 Å². The second kappa shape index (κ2) is 9.70. The highest BCUT2D eigenvalue weighted by molar-refractivity contribution is 6.52. The summed E-state index contributed by atoms with van der Waals surface area (Å²) in [6.45, 7) is 0. The van der Waals surface area contributed by atoms with Gasteiger partial charge >= 0.3 is 5.97 Å². The Labute approximate surface area is 194 Å². The average molecular weight is 481 g/mol. The Morgan fingerprint density at radius 2 is 1.80 bits per heavy atom. The third-order valence-electron chi connectivity index (χ3n) is 4.76. The number of ether oxygens (including phenoxy) is 1. The van der Waals surface area contributed by atoms with Crippen LogP contribution in [0, 0.1) is 10.1 Å². The molecule has 3 rings (SSSR count). The molecular formula is C21H15N5O9. The first kappa shape index (κ1) is 24.4. The first-order valence-electron chi connectivity index (χ1n) is 9.59. The van der Waals surface area contributed by atoms with E-state index < -0.39 is 51.4 Å². The Bertz CT molecular complexity index is 1480. The fourth-order valence-electron chi connectivity index (χ4n) is 3.11. The lowest BCUT2D eigenvalue weighted by atomic mass is 9.94. The van der Waals surface area contributed by atoms with E-state index in [1.165, 1.54) is 24.3 Å². The summed E-state index contributed by atoms with van der Waals surface area (Å²) < 4.78 is 4.33. The van der Waals surface area contributed by atoms with Crippen LogP contribution < -0.4 is 16.6 Å². The Morgan fingerprint density at radius 3 is 2.43 bits per heavy atom. The number of esters is 1. The van der Waals surface area contributed by atoms with Crippen LogP contribution in [0.2, 0.25) is 0 Å². The summed E-state index contributed by atoms with van der Waals surface area (Å²) >= 11 is 0. The van der Waals surface area contributed by atoms with Gasteiger partial charge in [0.15, 0.2) is 0 Å². The van der Waals surface area contributed by atoms with Crippen molar-refractivity contribution in [2.24, 2.45) is 5.73 Å². The van der Waals surface area contributed by atoms with Crippen molar-refractivity contribution >= 4 is 51.8 Å². The van der Waals surface area contributed by atoms with Crippen LogP contribution in [0.15, 0.2) is 47.3 Å². The molecule has 2 aromatic carbocycles. The topological polar surface area (TPSA) is 222 Å². The molecule has 4 N–H and O–H groups in total. The second-order valence-corrected chi connectivity index (χ2v) is 6.93. The van der Waals surface area contributed by atoms with E-state index in [1.807, 2.05) is 0 Å². The molecule has 0 aliphatic heterocycles. The van der Waals surface area contributed by atoms with E-state index in [0.29, 0.717) is 0 Å². The SMILES string of the molecule is COC(=O)C(=O)[C@@H](C(=O)C(=O)Nc1ccccc1C(N)=O)c1nc2ccc([N+](=O)[O-])cc2[nH]c1=O. The number of carbonyl (C=O) groups excluding carboxylic acids is 5. The molecule has 0 aliphatic rings. The van der Waals surface area contributed by atoms with Crippen molar-refractivity contribution in [2.45, 2.75) is 5.92 Å². The first-order chi connectivity index (χ1) is 16.5. The molecule has 0 saturated carbocycles. The third-order valence-corrected chi connectivity index (χ3v) is 4.76. The number of benzene rings is 2. The number of H-pyrrole nitrogens is 1.